The minimum Gasteiger partial charge on any atom is -0.497 e. The number of rotatable bonds is 15. The van der Waals surface area contributed by atoms with Crippen LogP contribution in [0, 0.1) is 10.1 Å². The first kappa shape index (κ1) is 36.2. The average molecular weight is 711 g/mol. The van der Waals surface area contributed by atoms with E-state index in [-0.39, 0.29) is 31.5 Å². The Kier molecular flexibility index (Phi) is 11.2. The van der Waals surface area contributed by atoms with E-state index in [1.165, 1.54) is 22.9 Å². The highest BCUT2D eigenvalue weighted by Crippen LogP contribution is 2.43. The highest BCUT2D eigenvalue weighted by Gasteiger charge is 2.48. The molecule has 0 radical (unpaired) electrons. The molecule has 14 heteroatoms. The van der Waals surface area contributed by atoms with Crippen LogP contribution in [0.15, 0.2) is 120 Å². The fourth-order valence-electron chi connectivity index (χ4n) is 6.25. The van der Waals surface area contributed by atoms with Gasteiger partial charge < -0.3 is 39.3 Å². The van der Waals surface area contributed by atoms with Crippen molar-refractivity contribution in [1.29, 1.82) is 0 Å². The van der Waals surface area contributed by atoms with Gasteiger partial charge in [0.15, 0.2) is 6.23 Å². The fraction of sp³-hybridized carbons (Fsp3) is 0.263. The standard InChI is InChI=1S/C38H38N4O10/c1-47-29-16-12-27(13-17-29)38(26-9-4-3-5-10-26,28-14-18-30(48-2)19-15-28)51-23-32-34(43)35(36(52-32)41-21-20-33(39)40-37(41)44)50-24-49-22-25-8-6-7-11-31(25)42(45)46/h3-21,32,34-36,43H,22-24H2,1-2H3,(H2,39,40,44)/t32-,34-,35-,36-/m1/s1. The summed E-state index contributed by atoms with van der Waals surface area (Å²) in [5.74, 6) is 1.32. The Balaban J connectivity index is 1.32. The molecule has 6 rings (SSSR count). The highest BCUT2D eigenvalue weighted by atomic mass is 16.7. The number of nitro groups is 1. The molecule has 4 atom stereocenters. The first-order chi connectivity index (χ1) is 25.2. The molecular weight excluding hydrogens is 672 g/mol. The molecule has 4 aromatic carbocycles. The molecule has 0 unspecified atom stereocenters. The van der Waals surface area contributed by atoms with Gasteiger partial charge in [-0.2, -0.15) is 4.98 Å². The number of hydrogen-bond acceptors (Lipinski definition) is 12. The summed E-state index contributed by atoms with van der Waals surface area (Å²) in [7, 11) is 3.18. The Morgan fingerprint density at radius 1 is 0.885 bits per heavy atom. The van der Waals surface area contributed by atoms with Gasteiger partial charge in [-0.05, 0) is 53.1 Å². The van der Waals surface area contributed by atoms with E-state index < -0.39 is 40.8 Å². The predicted octanol–water partition coefficient (Wildman–Crippen LogP) is 4.58. The molecule has 1 aliphatic heterocycles. The fourth-order valence-corrected chi connectivity index (χ4v) is 6.25. The van der Waals surface area contributed by atoms with Crippen LogP contribution in [-0.2, 0) is 31.2 Å². The van der Waals surface area contributed by atoms with E-state index in [4.69, 9.17) is 34.2 Å². The number of nitro benzene ring substituents is 1. The summed E-state index contributed by atoms with van der Waals surface area (Å²) in [6.07, 6.45) is -3.25. The quantitative estimate of drug-likeness (QED) is 0.0509. The van der Waals surface area contributed by atoms with Crippen molar-refractivity contribution in [2.24, 2.45) is 0 Å². The number of para-hydroxylation sites is 1. The lowest BCUT2D eigenvalue weighted by molar-refractivity contribution is -0.386. The lowest BCUT2D eigenvalue weighted by Gasteiger charge is -2.37. The number of benzene rings is 4. The van der Waals surface area contributed by atoms with E-state index in [1.54, 1.807) is 32.4 Å². The lowest BCUT2D eigenvalue weighted by atomic mass is 9.80. The number of nitrogen functional groups attached to an aromatic ring is 1. The van der Waals surface area contributed by atoms with E-state index in [0.717, 1.165) is 16.7 Å². The third-order valence-corrected chi connectivity index (χ3v) is 8.87. The summed E-state index contributed by atoms with van der Waals surface area (Å²) in [5.41, 5.74) is 6.39. The number of aromatic nitrogens is 2. The average Bonchev–Trinajstić information content (AvgIpc) is 3.48. The molecule has 0 saturated carbocycles. The summed E-state index contributed by atoms with van der Waals surface area (Å²) in [6, 6.07) is 32.2. The van der Waals surface area contributed by atoms with E-state index in [9.17, 15) is 20.0 Å². The van der Waals surface area contributed by atoms with E-state index in [1.807, 2.05) is 78.9 Å². The number of aliphatic hydroxyl groups is 1. The summed E-state index contributed by atoms with van der Waals surface area (Å²) in [6.45, 7) is -0.687. The van der Waals surface area contributed by atoms with Crippen molar-refractivity contribution in [3.63, 3.8) is 0 Å². The maximum Gasteiger partial charge on any atom is 0.351 e. The molecule has 1 fully saturated rings. The molecule has 1 aliphatic rings. The molecule has 3 N–H and O–H groups in total. The third-order valence-electron chi connectivity index (χ3n) is 8.87. The van der Waals surface area contributed by atoms with Crippen molar-refractivity contribution in [3.05, 3.63) is 158 Å². The summed E-state index contributed by atoms with van der Waals surface area (Å²) in [5, 5.41) is 23.2. The summed E-state index contributed by atoms with van der Waals surface area (Å²) >= 11 is 0. The van der Waals surface area contributed by atoms with E-state index >= 15 is 0 Å². The van der Waals surface area contributed by atoms with Crippen molar-refractivity contribution in [2.75, 3.05) is 33.4 Å². The van der Waals surface area contributed by atoms with Gasteiger partial charge >= 0.3 is 5.69 Å². The maximum absolute atomic E-state index is 13.0. The van der Waals surface area contributed by atoms with Gasteiger partial charge in [0.2, 0.25) is 0 Å². The van der Waals surface area contributed by atoms with Gasteiger partial charge in [-0.1, -0.05) is 66.7 Å². The van der Waals surface area contributed by atoms with Gasteiger partial charge in [-0.25, -0.2) is 4.79 Å². The van der Waals surface area contributed by atoms with Crippen LogP contribution in [0.25, 0.3) is 0 Å². The Hall–Kier alpha value is -5.64. The molecule has 5 aromatic rings. The van der Waals surface area contributed by atoms with Gasteiger partial charge in [0.1, 0.15) is 48.0 Å². The van der Waals surface area contributed by atoms with Gasteiger partial charge in [0, 0.05) is 12.3 Å². The van der Waals surface area contributed by atoms with Crippen LogP contribution in [0.3, 0.4) is 0 Å². The Morgan fingerprint density at radius 2 is 1.48 bits per heavy atom. The van der Waals surface area contributed by atoms with Crippen LogP contribution in [0.2, 0.25) is 0 Å². The maximum atomic E-state index is 13.0. The smallest absolute Gasteiger partial charge is 0.351 e. The van der Waals surface area contributed by atoms with Crippen molar-refractivity contribution >= 4 is 11.5 Å². The molecular formula is C38H38N4O10. The molecule has 0 amide bonds. The van der Waals surface area contributed by atoms with Crippen molar-refractivity contribution in [1.82, 2.24) is 9.55 Å². The molecule has 0 bridgehead atoms. The Labute approximate surface area is 299 Å². The van der Waals surface area contributed by atoms with Crippen LogP contribution in [0.1, 0.15) is 28.5 Å². The SMILES string of the molecule is COc1ccc(C(OC[C@H]2O[C@@H](n3ccc(N)nc3=O)[C@H](OCOCc3ccccc3[N+](=O)[O-])[C@@H]2O)(c2ccccc2)c2ccc(OC)cc2)cc1. The normalized spacial score (nSPS) is 18.6. The van der Waals surface area contributed by atoms with Crippen LogP contribution in [0.5, 0.6) is 11.5 Å². The van der Waals surface area contributed by atoms with Crippen LogP contribution in [-0.4, -0.2) is 65.5 Å². The van der Waals surface area contributed by atoms with Gasteiger partial charge in [0.25, 0.3) is 5.69 Å². The first-order valence-electron chi connectivity index (χ1n) is 16.3. The Bertz CT molecular complexity index is 1960. The minimum atomic E-state index is -1.33. The van der Waals surface area contributed by atoms with E-state index in [0.29, 0.717) is 17.1 Å². The van der Waals surface area contributed by atoms with Crippen molar-refractivity contribution in [2.45, 2.75) is 36.7 Å². The number of methoxy groups -OCH3 is 2. The van der Waals surface area contributed by atoms with Crippen molar-refractivity contribution in [3.8, 4) is 11.5 Å². The molecule has 0 spiro atoms. The molecule has 2 heterocycles. The highest BCUT2D eigenvalue weighted by molar-refractivity contribution is 5.50. The second-order valence-electron chi connectivity index (χ2n) is 11.9. The summed E-state index contributed by atoms with van der Waals surface area (Å²) < 4.78 is 37.0. The van der Waals surface area contributed by atoms with E-state index in [2.05, 4.69) is 4.98 Å². The number of aliphatic hydroxyl groups excluding tert-OH is 1. The molecule has 14 nitrogen and oxygen atoms in total. The number of hydrogen-bond donors (Lipinski definition) is 2. The third kappa shape index (κ3) is 7.51. The Morgan fingerprint density at radius 3 is 2.08 bits per heavy atom. The zero-order valence-corrected chi connectivity index (χ0v) is 28.4. The monoisotopic (exact) mass is 710 g/mol. The molecule has 52 heavy (non-hydrogen) atoms. The predicted molar refractivity (Wildman–Crippen MR) is 189 cm³/mol. The number of nitrogens with zero attached hydrogens (tertiary/aromatic N) is 3. The molecule has 1 aromatic heterocycles. The number of ether oxygens (including phenoxy) is 6. The first-order valence-corrected chi connectivity index (χ1v) is 16.3. The molecule has 270 valence electrons. The zero-order chi connectivity index (χ0) is 36.7. The van der Waals surface area contributed by atoms with Crippen molar-refractivity contribution < 1.29 is 38.5 Å². The van der Waals surface area contributed by atoms with Crippen LogP contribution < -0.4 is 20.9 Å². The number of anilines is 1. The van der Waals surface area contributed by atoms with Crippen LogP contribution >= 0.6 is 0 Å². The van der Waals surface area contributed by atoms with Gasteiger partial charge in [0.05, 0.1) is 37.9 Å². The number of nitrogens with two attached hydrogens (primary N) is 1. The second kappa shape index (κ2) is 16.1. The summed E-state index contributed by atoms with van der Waals surface area (Å²) in [4.78, 5) is 27.8. The second-order valence-corrected chi connectivity index (χ2v) is 11.9. The molecule has 0 aliphatic carbocycles. The molecule has 1 saturated heterocycles. The zero-order valence-electron chi connectivity index (χ0n) is 28.4. The lowest BCUT2D eigenvalue weighted by Crippen LogP contribution is -2.41. The largest absolute Gasteiger partial charge is 0.497 e. The topological polar surface area (TPSA) is 180 Å². The van der Waals surface area contributed by atoms with Gasteiger partial charge in [-0.15, -0.1) is 0 Å². The minimum absolute atomic E-state index is 0.0107. The van der Waals surface area contributed by atoms with Gasteiger partial charge in [-0.3, -0.25) is 14.7 Å². The van der Waals surface area contributed by atoms with Crippen LogP contribution in [0.4, 0.5) is 11.5 Å².